The van der Waals surface area contributed by atoms with Crippen LogP contribution < -0.4 is 5.32 Å². The van der Waals surface area contributed by atoms with Crippen LogP contribution in [0.1, 0.15) is 104 Å². The average Bonchev–Trinajstić information content (AvgIpc) is 2.47. The van der Waals surface area contributed by atoms with Crippen LogP contribution in [0, 0.1) is 5.92 Å². The zero-order chi connectivity index (χ0) is 15.1. The van der Waals surface area contributed by atoms with Crippen molar-refractivity contribution in [1.82, 2.24) is 5.32 Å². The summed E-state index contributed by atoms with van der Waals surface area (Å²) in [6.45, 7) is 6.97. The normalized spacial score (nSPS) is 14.4. The highest BCUT2D eigenvalue weighted by Crippen LogP contribution is 2.16. The Balaban J connectivity index is 3.29. The van der Waals surface area contributed by atoms with Crippen molar-refractivity contribution in [3.63, 3.8) is 0 Å². The van der Waals surface area contributed by atoms with E-state index in [0.29, 0.717) is 0 Å². The maximum Gasteiger partial charge on any atom is 0.00665 e. The van der Waals surface area contributed by atoms with E-state index < -0.39 is 0 Å². The van der Waals surface area contributed by atoms with Crippen LogP contribution in [0.4, 0.5) is 0 Å². The fourth-order valence-corrected chi connectivity index (χ4v) is 2.91. The Bertz CT molecular complexity index is 179. The fraction of sp³-hybridized carbons (Fsp3) is 1.00. The summed E-state index contributed by atoms with van der Waals surface area (Å²) in [6, 6.07) is 0.749. The third-order valence-electron chi connectivity index (χ3n) is 4.70. The van der Waals surface area contributed by atoms with Gasteiger partial charge in [0.25, 0.3) is 0 Å². The summed E-state index contributed by atoms with van der Waals surface area (Å²) in [7, 11) is 2.13. The topological polar surface area (TPSA) is 12.0 Å². The summed E-state index contributed by atoms with van der Waals surface area (Å²) in [5.41, 5.74) is 0. The number of hydrogen-bond donors (Lipinski definition) is 1. The van der Waals surface area contributed by atoms with E-state index in [2.05, 4.69) is 33.1 Å². The maximum absolute atomic E-state index is 3.50. The fourth-order valence-electron chi connectivity index (χ4n) is 2.91. The monoisotopic (exact) mass is 283 g/mol. The van der Waals surface area contributed by atoms with Crippen molar-refractivity contribution in [3.05, 3.63) is 0 Å². The summed E-state index contributed by atoms with van der Waals surface area (Å²) in [6.07, 6.45) is 18.4. The molecule has 0 aromatic heterocycles. The minimum atomic E-state index is 0.749. The first-order valence-corrected chi connectivity index (χ1v) is 9.41. The van der Waals surface area contributed by atoms with Gasteiger partial charge in [0.1, 0.15) is 0 Å². The Morgan fingerprint density at radius 3 is 1.70 bits per heavy atom. The van der Waals surface area contributed by atoms with Gasteiger partial charge in [-0.3, -0.25) is 0 Å². The first kappa shape index (κ1) is 20.0. The molecular formula is C19H41N. The second-order valence-corrected chi connectivity index (χ2v) is 6.71. The Labute approximate surface area is 129 Å². The third-order valence-corrected chi connectivity index (χ3v) is 4.70. The SMILES string of the molecule is CCCCCCCCCCCCC(CC(C)CC)NC. The molecule has 122 valence electrons. The molecule has 0 aromatic rings. The molecule has 0 spiro atoms. The van der Waals surface area contributed by atoms with Crippen LogP contribution in [0.2, 0.25) is 0 Å². The van der Waals surface area contributed by atoms with E-state index in [1.54, 1.807) is 0 Å². The van der Waals surface area contributed by atoms with Crippen molar-refractivity contribution in [3.8, 4) is 0 Å². The van der Waals surface area contributed by atoms with Crippen molar-refractivity contribution in [1.29, 1.82) is 0 Å². The predicted molar refractivity (Wildman–Crippen MR) is 93.4 cm³/mol. The zero-order valence-electron chi connectivity index (χ0n) is 14.8. The molecule has 2 unspecified atom stereocenters. The minimum absolute atomic E-state index is 0.749. The molecule has 0 heterocycles. The molecule has 0 radical (unpaired) electrons. The summed E-state index contributed by atoms with van der Waals surface area (Å²) >= 11 is 0. The van der Waals surface area contributed by atoms with Gasteiger partial charge < -0.3 is 5.32 Å². The lowest BCUT2D eigenvalue weighted by Crippen LogP contribution is -2.27. The molecule has 0 aliphatic heterocycles. The molecule has 20 heavy (non-hydrogen) atoms. The van der Waals surface area contributed by atoms with Gasteiger partial charge in [0, 0.05) is 6.04 Å². The van der Waals surface area contributed by atoms with Gasteiger partial charge in [0.2, 0.25) is 0 Å². The number of rotatable bonds is 15. The predicted octanol–water partition coefficient (Wildman–Crippen LogP) is 6.32. The number of nitrogens with one attached hydrogen (secondary N) is 1. The van der Waals surface area contributed by atoms with Crippen molar-refractivity contribution in [2.45, 2.75) is 110 Å². The van der Waals surface area contributed by atoms with E-state index in [1.165, 1.54) is 83.5 Å². The van der Waals surface area contributed by atoms with Crippen molar-refractivity contribution < 1.29 is 0 Å². The summed E-state index contributed by atoms with van der Waals surface area (Å²) in [4.78, 5) is 0. The van der Waals surface area contributed by atoms with E-state index in [-0.39, 0.29) is 0 Å². The standard InChI is InChI=1S/C19H41N/c1-5-7-8-9-10-11-12-13-14-15-16-19(20-4)17-18(3)6-2/h18-20H,5-17H2,1-4H3. The van der Waals surface area contributed by atoms with Crippen LogP contribution in [0.25, 0.3) is 0 Å². The number of hydrogen-bond acceptors (Lipinski definition) is 1. The summed E-state index contributed by atoms with van der Waals surface area (Å²) in [5, 5.41) is 3.50. The van der Waals surface area contributed by atoms with Gasteiger partial charge in [-0.1, -0.05) is 91.4 Å². The Morgan fingerprint density at radius 1 is 0.750 bits per heavy atom. The van der Waals surface area contributed by atoms with Crippen LogP contribution in [-0.4, -0.2) is 13.1 Å². The second-order valence-electron chi connectivity index (χ2n) is 6.71. The lowest BCUT2D eigenvalue weighted by atomic mass is 9.95. The smallest absolute Gasteiger partial charge is 0.00665 e. The van der Waals surface area contributed by atoms with E-state index >= 15 is 0 Å². The van der Waals surface area contributed by atoms with E-state index in [9.17, 15) is 0 Å². The Morgan fingerprint density at radius 2 is 1.25 bits per heavy atom. The van der Waals surface area contributed by atoms with E-state index in [0.717, 1.165) is 12.0 Å². The van der Waals surface area contributed by atoms with E-state index in [1.807, 2.05) is 0 Å². The maximum atomic E-state index is 3.50. The molecule has 0 aliphatic carbocycles. The molecule has 0 aromatic carbocycles. The quantitative estimate of drug-likeness (QED) is 0.347. The molecule has 1 heteroatoms. The molecule has 0 aliphatic rings. The van der Waals surface area contributed by atoms with Gasteiger partial charge in [-0.15, -0.1) is 0 Å². The molecule has 0 saturated carbocycles. The van der Waals surface area contributed by atoms with Gasteiger partial charge in [0.05, 0.1) is 0 Å². The second kappa shape index (κ2) is 15.4. The molecule has 2 atom stereocenters. The molecule has 0 amide bonds. The number of unbranched alkanes of at least 4 members (excludes halogenated alkanes) is 9. The molecule has 0 fully saturated rings. The Kier molecular flexibility index (Phi) is 15.3. The highest BCUT2D eigenvalue weighted by molar-refractivity contribution is 4.67. The van der Waals surface area contributed by atoms with Crippen molar-refractivity contribution >= 4 is 0 Å². The highest BCUT2D eigenvalue weighted by atomic mass is 14.9. The molecule has 0 bridgehead atoms. The van der Waals surface area contributed by atoms with Crippen LogP contribution in [0.3, 0.4) is 0 Å². The molecule has 0 saturated heterocycles. The molecular weight excluding hydrogens is 242 g/mol. The van der Waals surface area contributed by atoms with Crippen molar-refractivity contribution in [2.75, 3.05) is 7.05 Å². The van der Waals surface area contributed by atoms with Gasteiger partial charge in [-0.2, -0.15) is 0 Å². The third kappa shape index (κ3) is 13.0. The van der Waals surface area contributed by atoms with Crippen LogP contribution in [0.5, 0.6) is 0 Å². The van der Waals surface area contributed by atoms with Gasteiger partial charge in [0.15, 0.2) is 0 Å². The van der Waals surface area contributed by atoms with Crippen LogP contribution >= 0.6 is 0 Å². The summed E-state index contributed by atoms with van der Waals surface area (Å²) in [5.74, 6) is 0.871. The van der Waals surface area contributed by atoms with Crippen LogP contribution in [-0.2, 0) is 0 Å². The molecule has 1 nitrogen and oxygen atoms in total. The van der Waals surface area contributed by atoms with Crippen molar-refractivity contribution in [2.24, 2.45) is 5.92 Å². The van der Waals surface area contributed by atoms with Gasteiger partial charge >= 0.3 is 0 Å². The Hall–Kier alpha value is -0.0400. The van der Waals surface area contributed by atoms with E-state index in [4.69, 9.17) is 0 Å². The lowest BCUT2D eigenvalue weighted by molar-refractivity contribution is 0.383. The first-order valence-electron chi connectivity index (χ1n) is 9.41. The zero-order valence-corrected chi connectivity index (χ0v) is 14.8. The lowest BCUT2D eigenvalue weighted by Gasteiger charge is -2.19. The highest BCUT2D eigenvalue weighted by Gasteiger charge is 2.09. The minimum Gasteiger partial charge on any atom is -0.317 e. The average molecular weight is 284 g/mol. The largest absolute Gasteiger partial charge is 0.317 e. The van der Waals surface area contributed by atoms with Gasteiger partial charge in [-0.25, -0.2) is 0 Å². The summed E-state index contributed by atoms with van der Waals surface area (Å²) < 4.78 is 0. The van der Waals surface area contributed by atoms with Crippen LogP contribution in [0.15, 0.2) is 0 Å². The first-order chi connectivity index (χ1) is 9.74. The molecule has 0 rings (SSSR count). The van der Waals surface area contributed by atoms with Gasteiger partial charge in [-0.05, 0) is 25.8 Å². The molecule has 1 N–H and O–H groups in total.